The lowest BCUT2D eigenvalue weighted by molar-refractivity contribution is -0.136. The number of rotatable bonds is 9. The van der Waals surface area contributed by atoms with Gasteiger partial charge < -0.3 is 20.1 Å². The molecule has 45 heavy (non-hydrogen) atoms. The Morgan fingerprint density at radius 1 is 0.844 bits per heavy atom. The number of nitrogens with one attached hydrogen (secondary N) is 3. The number of hydrogen-bond acceptors (Lipinski definition) is 7. The normalized spacial score (nSPS) is 13.3. The van der Waals surface area contributed by atoms with Crippen molar-refractivity contribution in [3.8, 4) is 11.5 Å². The van der Waals surface area contributed by atoms with Gasteiger partial charge in [0.15, 0.2) is 0 Å². The second-order valence-corrected chi connectivity index (χ2v) is 10.6. The summed E-state index contributed by atoms with van der Waals surface area (Å²) in [5, 5.41) is 11.1. The summed E-state index contributed by atoms with van der Waals surface area (Å²) in [6.45, 7) is 2.38. The van der Waals surface area contributed by atoms with E-state index in [4.69, 9.17) is 9.47 Å². The third-order valence-corrected chi connectivity index (χ3v) is 7.46. The molecular weight excluding hydrogens is 572 g/mol. The van der Waals surface area contributed by atoms with E-state index in [1.165, 1.54) is 6.21 Å². The molecule has 1 aliphatic rings. The van der Waals surface area contributed by atoms with Crippen molar-refractivity contribution < 1.29 is 28.7 Å². The number of para-hydroxylation sites is 1. The molecule has 0 heterocycles. The van der Waals surface area contributed by atoms with E-state index in [2.05, 4.69) is 21.2 Å². The summed E-state index contributed by atoms with van der Waals surface area (Å²) in [7, 11) is 0. The van der Waals surface area contributed by atoms with Gasteiger partial charge in [-0.25, -0.2) is 10.2 Å². The van der Waals surface area contributed by atoms with Gasteiger partial charge in [-0.05, 0) is 73.0 Å². The Balaban J connectivity index is 1.28. The predicted molar refractivity (Wildman–Crippen MR) is 172 cm³/mol. The summed E-state index contributed by atoms with van der Waals surface area (Å²) < 4.78 is 11.1. The topological polar surface area (TPSA) is 135 Å². The number of carbonyl (C=O) groups excluding carboxylic acids is 4. The zero-order chi connectivity index (χ0) is 31.6. The van der Waals surface area contributed by atoms with Crippen LogP contribution >= 0.6 is 0 Å². The number of benzene rings is 4. The number of hydrogen-bond donors (Lipinski definition) is 3. The second kappa shape index (κ2) is 14.8. The molecule has 230 valence electrons. The number of carbonyl (C=O) groups is 4. The Hall–Kier alpha value is -5.51. The maximum atomic E-state index is 12.9. The van der Waals surface area contributed by atoms with E-state index in [1.54, 1.807) is 60.7 Å². The Kier molecular flexibility index (Phi) is 10.2. The highest BCUT2D eigenvalue weighted by Gasteiger charge is 2.21. The molecule has 0 bridgehead atoms. The van der Waals surface area contributed by atoms with Gasteiger partial charge in [-0.15, -0.1) is 0 Å². The number of ether oxygens (including phenoxy) is 2. The molecule has 0 unspecified atom stereocenters. The van der Waals surface area contributed by atoms with Crippen LogP contribution in [0.2, 0.25) is 0 Å². The standard InChI is InChI=1S/C35H34N4O6/c1-2-44-26-19-16-24(17-20-26)35(43)45-31-21-18-23-10-6-7-13-27(23)29(31)22-36-39-34(42)33(41)38-30-15-9-8-14-28(30)32(40)37-25-11-4-3-5-12-25/h6-10,13-22,25H,2-5,11-12H2,1H3,(H,37,40)(H,38,41)(H,39,42)/b36-22-. The molecule has 0 aliphatic heterocycles. The van der Waals surface area contributed by atoms with Crippen molar-refractivity contribution in [2.24, 2.45) is 5.10 Å². The van der Waals surface area contributed by atoms with Crippen LogP contribution in [0.4, 0.5) is 5.69 Å². The smallest absolute Gasteiger partial charge is 0.343 e. The zero-order valence-corrected chi connectivity index (χ0v) is 24.9. The maximum Gasteiger partial charge on any atom is 0.343 e. The highest BCUT2D eigenvalue weighted by atomic mass is 16.5. The van der Waals surface area contributed by atoms with Crippen LogP contribution in [0.5, 0.6) is 11.5 Å². The van der Waals surface area contributed by atoms with E-state index < -0.39 is 17.8 Å². The molecule has 0 atom stereocenters. The molecule has 0 radical (unpaired) electrons. The first-order chi connectivity index (χ1) is 21.9. The van der Waals surface area contributed by atoms with Crippen LogP contribution in [0.3, 0.4) is 0 Å². The van der Waals surface area contributed by atoms with Crippen LogP contribution in [-0.4, -0.2) is 42.6 Å². The molecule has 0 aromatic heterocycles. The van der Waals surface area contributed by atoms with Crippen molar-refractivity contribution >= 4 is 46.4 Å². The first-order valence-corrected chi connectivity index (χ1v) is 14.9. The van der Waals surface area contributed by atoms with E-state index in [1.807, 2.05) is 31.2 Å². The van der Waals surface area contributed by atoms with E-state index in [0.717, 1.165) is 42.9 Å². The average Bonchev–Trinajstić information content (AvgIpc) is 3.06. The molecule has 3 amide bonds. The van der Waals surface area contributed by atoms with Gasteiger partial charge in [-0.3, -0.25) is 14.4 Å². The fourth-order valence-corrected chi connectivity index (χ4v) is 5.20. The van der Waals surface area contributed by atoms with Crippen LogP contribution in [0.1, 0.15) is 65.3 Å². The molecule has 4 aromatic rings. The van der Waals surface area contributed by atoms with Crippen LogP contribution < -0.4 is 25.5 Å². The molecule has 1 aliphatic carbocycles. The van der Waals surface area contributed by atoms with Crippen molar-refractivity contribution in [3.05, 3.63) is 102 Å². The summed E-state index contributed by atoms with van der Waals surface area (Å²) in [6, 6.07) is 24.1. The number of amides is 3. The first kappa shape index (κ1) is 30.9. The third kappa shape index (κ3) is 7.91. The Labute approximate surface area is 260 Å². The lowest BCUT2D eigenvalue weighted by Crippen LogP contribution is -2.37. The molecule has 0 spiro atoms. The number of fused-ring (bicyclic) bond motifs is 1. The van der Waals surface area contributed by atoms with Gasteiger partial charge in [0, 0.05) is 11.6 Å². The maximum absolute atomic E-state index is 12.9. The van der Waals surface area contributed by atoms with Gasteiger partial charge in [-0.2, -0.15) is 5.10 Å². The van der Waals surface area contributed by atoms with Gasteiger partial charge >= 0.3 is 17.8 Å². The fourth-order valence-electron chi connectivity index (χ4n) is 5.20. The van der Waals surface area contributed by atoms with Gasteiger partial charge in [0.1, 0.15) is 11.5 Å². The van der Waals surface area contributed by atoms with Crippen LogP contribution in [0, 0.1) is 0 Å². The summed E-state index contributed by atoms with van der Waals surface area (Å²) >= 11 is 0. The second-order valence-electron chi connectivity index (χ2n) is 10.6. The minimum Gasteiger partial charge on any atom is -0.494 e. The van der Waals surface area contributed by atoms with Crippen molar-refractivity contribution in [2.75, 3.05) is 11.9 Å². The zero-order valence-electron chi connectivity index (χ0n) is 24.9. The number of hydrazone groups is 1. The van der Waals surface area contributed by atoms with Crippen molar-refractivity contribution in [1.29, 1.82) is 0 Å². The minimum absolute atomic E-state index is 0.0896. The first-order valence-electron chi connectivity index (χ1n) is 14.9. The lowest BCUT2D eigenvalue weighted by atomic mass is 9.95. The Morgan fingerprint density at radius 2 is 1.58 bits per heavy atom. The Bertz CT molecular complexity index is 1730. The van der Waals surface area contributed by atoms with Crippen molar-refractivity contribution in [1.82, 2.24) is 10.7 Å². The predicted octanol–water partition coefficient (Wildman–Crippen LogP) is 5.61. The Morgan fingerprint density at radius 3 is 2.36 bits per heavy atom. The molecule has 10 nitrogen and oxygen atoms in total. The van der Waals surface area contributed by atoms with E-state index in [-0.39, 0.29) is 28.9 Å². The molecule has 0 saturated heterocycles. The molecule has 1 fully saturated rings. The van der Waals surface area contributed by atoms with Crippen molar-refractivity contribution in [3.63, 3.8) is 0 Å². The van der Waals surface area contributed by atoms with Crippen LogP contribution in [-0.2, 0) is 9.59 Å². The summed E-state index contributed by atoms with van der Waals surface area (Å²) in [4.78, 5) is 51.3. The largest absolute Gasteiger partial charge is 0.494 e. The summed E-state index contributed by atoms with van der Waals surface area (Å²) in [6.07, 6.45) is 6.44. The van der Waals surface area contributed by atoms with Gasteiger partial charge in [0.05, 0.1) is 29.6 Å². The number of anilines is 1. The highest BCUT2D eigenvalue weighted by molar-refractivity contribution is 6.40. The van der Waals surface area contributed by atoms with Gasteiger partial charge in [0.25, 0.3) is 5.91 Å². The molecule has 4 aromatic carbocycles. The highest BCUT2D eigenvalue weighted by Crippen LogP contribution is 2.28. The number of nitrogens with zero attached hydrogens (tertiary/aromatic N) is 1. The number of esters is 1. The van der Waals surface area contributed by atoms with Gasteiger partial charge in [0.2, 0.25) is 0 Å². The minimum atomic E-state index is -1.04. The molecule has 10 heteroatoms. The summed E-state index contributed by atoms with van der Waals surface area (Å²) in [5.41, 5.74) is 3.46. The lowest BCUT2D eigenvalue weighted by Gasteiger charge is -2.23. The molecular formula is C35H34N4O6. The van der Waals surface area contributed by atoms with Crippen LogP contribution in [0.25, 0.3) is 10.8 Å². The van der Waals surface area contributed by atoms with E-state index in [0.29, 0.717) is 23.5 Å². The SMILES string of the molecule is CCOc1ccc(C(=O)Oc2ccc3ccccc3c2/C=N\NC(=O)C(=O)Nc2ccccc2C(=O)NC2CCCCC2)cc1. The monoisotopic (exact) mass is 606 g/mol. The third-order valence-electron chi connectivity index (χ3n) is 7.46. The molecule has 3 N–H and O–H groups in total. The van der Waals surface area contributed by atoms with Gasteiger partial charge in [-0.1, -0.05) is 61.7 Å². The fraction of sp³-hybridized carbons (Fsp3) is 0.229. The van der Waals surface area contributed by atoms with E-state index >= 15 is 0 Å². The van der Waals surface area contributed by atoms with Crippen molar-refractivity contribution in [2.45, 2.75) is 45.1 Å². The molecule has 1 saturated carbocycles. The summed E-state index contributed by atoms with van der Waals surface area (Å²) in [5.74, 6) is -2.07. The van der Waals surface area contributed by atoms with E-state index in [9.17, 15) is 19.2 Å². The average molecular weight is 607 g/mol. The molecule has 5 rings (SSSR count). The quantitative estimate of drug-likeness (QED) is 0.0746. The van der Waals surface area contributed by atoms with Crippen LogP contribution in [0.15, 0.2) is 90.0 Å².